The fourth-order valence-corrected chi connectivity index (χ4v) is 6.85. The number of aromatic amines is 1. The number of nitrogens with zero attached hydrogens (tertiary/aromatic N) is 1. The first-order chi connectivity index (χ1) is 17.3. The summed E-state index contributed by atoms with van der Waals surface area (Å²) in [6.07, 6.45) is 1.02. The molecule has 1 fully saturated rings. The second kappa shape index (κ2) is 11.5. The van der Waals surface area contributed by atoms with Gasteiger partial charge >= 0.3 is 5.69 Å². The van der Waals surface area contributed by atoms with Gasteiger partial charge in [0.05, 0.1) is 24.9 Å². The molecule has 11 heteroatoms. The second-order valence-electron chi connectivity index (χ2n) is 15.7. The zero-order chi connectivity index (χ0) is 30.4. The van der Waals surface area contributed by atoms with Crippen LogP contribution in [-0.4, -0.2) is 53.3 Å². The highest BCUT2D eigenvalue weighted by Crippen LogP contribution is 2.42. The van der Waals surface area contributed by atoms with Crippen molar-refractivity contribution < 1.29 is 18.0 Å². The molecule has 1 aromatic rings. The van der Waals surface area contributed by atoms with Gasteiger partial charge in [-0.25, -0.2) is 4.79 Å². The predicted molar refractivity (Wildman–Crippen MR) is 167 cm³/mol. The number of nitrogens with one attached hydrogen (secondary N) is 1. The monoisotopic (exact) mass is 600 g/mol. The van der Waals surface area contributed by atoms with Crippen molar-refractivity contribution in [1.29, 1.82) is 0 Å². The molecule has 2 rings (SSSR count). The Balaban J connectivity index is 2.38. The van der Waals surface area contributed by atoms with Gasteiger partial charge in [0.1, 0.15) is 12.3 Å². The van der Waals surface area contributed by atoms with Gasteiger partial charge in [-0.05, 0) is 54.4 Å². The molecule has 1 N–H and O–H groups in total. The Labute approximate surface area is 239 Å². The predicted octanol–water partition coefficient (Wildman–Crippen LogP) is 6.76. The van der Waals surface area contributed by atoms with Crippen molar-refractivity contribution in [1.82, 2.24) is 9.55 Å². The highest BCUT2D eigenvalue weighted by atomic mass is 28.4. The zero-order valence-corrected chi connectivity index (χ0v) is 30.3. The Morgan fingerprint density at radius 1 is 0.846 bits per heavy atom. The number of hydrogen-bond acceptors (Lipinski definition) is 6. The molecule has 226 valence electrons. The SMILES string of the molecule is CC(C)(C)[Si](C)(C)OCc1cn(C2CC(O[Si](C)(C)C(C)(C)C)C(CO[Si](C)(C)C(C)(C)C)O2)c(=O)[nH]c1=O. The lowest BCUT2D eigenvalue weighted by Crippen LogP contribution is -2.48. The summed E-state index contributed by atoms with van der Waals surface area (Å²) in [7, 11) is -6.23. The molecule has 1 aromatic heterocycles. The Bertz CT molecular complexity index is 1110. The fourth-order valence-electron chi connectivity index (χ4n) is 3.53. The molecule has 1 saturated heterocycles. The summed E-state index contributed by atoms with van der Waals surface area (Å²) in [5.74, 6) is 0. The zero-order valence-electron chi connectivity index (χ0n) is 27.3. The molecule has 1 aliphatic rings. The molecule has 0 radical (unpaired) electrons. The smallest absolute Gasteiger partial charge is 0.330 e. The fraction of sp³-hybridized carbons (Fsp3) is 0.857. The van der Waals surface area contributed by atoms with Crippen LogP contribution >= 0.6 is 0 Å². The minimum atomic E-state index is -2.12. The number of H-pyrrole nitrogens is 1. The van der Waals surface area contributed by atoms with E-state index in [0.29, 0.717) is 18.6 Å². The summed E-state index contributed by atoms with van der Waals surface area (Å²) in [6.45, 7) is 33.5. The topological polar surface area (TPSA) is 91.8 Å². The molecule has 0 saturated carbocycles. The summed E-state index contributed by atoms with van der Waals surface area (Å²) in [5, 5.41) is 0.100. The van der Waals surface area contributed by atoms with Crippen LogP contribution in [0.1, 0.15) is 80.5 Å². The molecular formula is C28H56N2O6Si3. The normalized spacial score (nSPS) is 22.0. The first kappa shape index (κ1) is 34.4. The molecule has 0 bridgehead atoms. The molecule has 39 heavy (non-hydrogen) atoms. The summed E-state index contributed by atoms with van der Waals surface area (Å²) >= 11 is 0. The molecule has 2 heterocycles. The maximum Gasteiger partial charge on any atom is 0.330 e. The number of rotatable bonds is 9. The van der Waals surface area contributed by atoms with Gasteiger partial charge in [-0.3, -0.25) is 14.3 Å². The number of hydrogen-bond donors (Lipinski definition) is 1. The van der Waals surface area contributed by atoms with E-state index in [0.717, 1.165) is 0 Å². The highest BCUT2D eigenvalue weighted by molar-refractivity contribution is 6.74. The third kappa shape index (κ3) is 8.14. The summed E-state index contributed by atoms with van der Waals surface area (Å²) < 4.78 is 27.7. The van der Waals surface area contributed by atoms with Crippen LogP contribution in [0, 0.1) is 0 Å². The summed E-state index contributed by atoms with van der Waals surface area (Å²) in [4.78, 5) is 28.2. The van der Waals surface area contributed by atoms with Crippen LogP contribution in [0.15, 0.2) is 15.8 Å². The Hall–Kier alpha value is -0.829. The average molecular weight is 601 g/mol. The van der Waals surface area contributed by atoms with E-state index in [2.05, 4.69) is 107 Å². The quantitative estimate of drug-likeness (QED) is 0.315. The molecule has 8 nitrogen and oxygen atoms in total. The van der Waals surface area contributed by atoms with Crippen molar-refractivity contribution >= 4 is 25.0 Å². The van der Waals surface area contributed by atoms with Crippen LogP contribution in [-0.2, 0) is 24.6 Å². The Morgan fingerprint density at radius 3 is 1.82 bits per heavy atom. The summed E-state index contributed by atoms with van der Waals surface area (Å²) in [5.41, 5.74) is -0.483. The van der Waals surface area contributed by atoms with Crippen molar-refractivity contribution in [3.05, 3.63) is 32.6 Å². The Kier molecular flexibility index (Phi) is 10.1. The number of ether oxygens (including phenoxy) is 1. The van der Waals surface area contributed by atoms with Crippen molar-refractivity contribution in [2.75, 3.05) is 6.61 Å². The van der Waals surface area contributed by atoms with Crippen LogP contribution < -0.4 is 11.2 Å². The lowest BCUT2D eigenvalue weighted by Gasteiger charge is -2.40. The van der Waals surface area contributed by atoms with Crippen LogP contribution in [0.25, 0.3) is 0 Å². The van der Waals surface area contributed by atoms with E-state index in [1.165, 1.54) is 4.57 Å². The molecule has 1 aliphatic heterocycles. The molecular weight excluding hydrogens is 545 g/mol. The lowest BCUT2D eigenvalue weighted by molar-refractivity contribution is -0.0413. The average Bonchev–Trinajstić information content (AvgIpc) is 3.10. The van der Waals surface area contributed by atoms with Gasteiger partial charge in [0.2, 0.25) is 0 Å². The largest absolute Gasteiger partial charge is 0.414 e. The standard InChI is InChI=1S/C28H56N2O6Si3/c1-26(2,3)37(10,11)33-18-20-17-30(25(32)29-24(20)31)23-16-21(36-39(14,15)28(7,8)9)22(35-23)19-34-38(12,13)27(4,5)6/h17,21-23H,16,18-19H2,1-15H3,(H,29,31,32). The highest BCUT2D eigenvalue weighted by Gasteiger charge is 2.47. The molecule has 0 aromatic carbocycles. The molecule has 3 atom stereocenters. The van der Waals surface area contributed by atoms with E-state index < -0.39 is 42.4 Å². The van der Waals surface area contributed by atoms with Crippen LogP contribution in [0.2, 0.25) is 54.4 Å². The third-order valence-corrected chi connectivity index (χ3v) is 23.1. The van der Waals surface area contributed by atoms with E-state index in [1.807, 2.05) is 0 Å². The van der Waals surface area contributed by atoms with Gasteiger partial charge in [-0.2, -0.15) is 0 Å². The van der Waals surface area contributed by atoms with E-state index >= 15 is 0 Å². The van der Waals surface area contributed by atoms with E-state index in [9.17, 15) is 9.59 Å². The molecule has 0 aliphatic carbocycles. The van der Waals surface area contributed by atoms with Gasteiger partial charge in [0, 0.05) is 12.6 Å². The van der Waals surface area contributed by atoms with Crippen molar-refractivity contribution in [3.63, 3.8) is 0 Å². The first-order valence-electron chi connectivity index (χ1n) is 14.2. The lowest BCUT2D eigenvalue weighted by atomic mass is 10.2. The van der Waals surface area contributed by atoms with Gasteiger partial charge in [0.15, 0.2) is 25.0 Å². The maximum atomic E-state index is 13.0. The van der Waals surface area contributed by atoms with Gasteiger partial charge in [-0.1, -0.05) is 62.3 Å². The number of aromatic nitrogens is 2. The maximum absolute atomic E-state index is 13.0. The van der Waals surface area contributed by atoms with Gasteiger partial charge in [0.25, 0.3) is 5.56 Å². The molecule has 0 spiro atoms. The van der Waals surface area contributed by atoms with E-state index in [4.69, 9.17) is 18.0 Å². The van der Waals surface area contributed by atoms with Gasteiger partial charge in [-0.15, -0.1) is 0 Å². The van der Waals surface area contributed by atoms with E-state index in [-0.39, 0.29) is 33.9 Å². The van der Waals surface area contributed by atoms with Crippen molar-refractivity contribution in [3.8, 4) is 0 Å². The second-order valence-corrected chi connectivity index (χ2v) is 30.1. The van der Waals surface area contributed by atoms with Crippen LogP contribution in [0.5, 0.6) is 0 Å². The molecule has 3 unspecified atom stereocenters. The Morgan fingerprint density at radius 2 is 1.33 bits per heavy atom. The van der Waals surface area contributed by atoms with Gasteiger partial charge < -0.3 is 18.0 Å². The van der Waals surface area contributed by atoms with Crippen molar-refractivity contribution in [2.24, 2.45) is 0 Å². The van der Waals surface area contributed by atoms with Crippen LogP contribution in [0.3, 0.4) is 0 Å². The molecule has 0 amide bonds. The van der Waals surface area contributed by atoms with E-state index in [1.54, 1.807) is 6.20 Å². The third-order valence-electron chi connectivity index (χ3n) is 9.59. The van der Waals surface area contributed by atoms with Crippen LogP contribution in [0.4, 0.5) is 0 Å². The minimum absolute atomic E-state index is 0.00838. The first-order valence-corrected chi connectivity index (χ1v) is 23.0. The van der Waals surface area contributed by atoms with Crippen molar-refractivity contribution in [2.45, 2.75) is 148 Å². The summed E-state index contributed by atoms with van der Waals surface area (Å²) in [6, 6.07) is 0. The minimum Gasteiger partial charge on any atom is -0.414 e.